The van der Waals surface area contributed by atoms with Gasteiger partial charge in [-0.1, -0.05) is 24.3 Å². The number of nitrogens with two attached hydrogens (primary N) is 1. The number of rotatable bonds is 6. The van der Waals surface area contributed by atoms with Crippen molar-refractivity contribution in [3.05, 3.63) is 35.4 Å². The minimum atomic E-state index is -3.30. The molecule has 0 aliphatic carbocycles. The molecule has 2 rings (SSSR count). The van der Waals surface area contributed by atoms with Gasteiger partial charge < -0.3 is 10.5 Å². The monoisotopic (exact) mass is 298 g/mol. The van der Waals surface area contributed by atoms with Crippen LogP contribution in [0.1, 0.15) is 24.0 Å². The molecule has 1 aromatic rings. The number of hydrogen-bond donors (Lipinski definition) is 1. The highest BCUT2D eigenvalue weighted by Crippen LogP contribution is 2.18. The Morgan fingerprint density at radius 3 is 2.65 bits per heavy atom. The quantitative estimate of drug-likeness (QED) is 0.853. The Kier molecular flexibility index (Phi) is 5.15. The second kappa shape index (κ2) is 6.67. The second-order valence-electron chi connectivity index (χ2n) is 5.14. The van der Waals surface area contributed by atoms with E-state index in [0.717, 1.165) is 24.0 Å². The summed E-state index contributed by atoms with van der Waals surface area (Å²) in [5.74, 6) is 0.0638. The molecular formula is C14H22N2O3S. The van der Waals surface area contributed by atoms with E-state index in [-0.39, 0.29) is 11.9 Å². The van der Waals surface area contributed by atoms with Gasteiger partial charge in [0.05, 0.1) is 11.9 Å². The average molecular weight is 298 g/mol. The predicted molar refractivity (Wildman–Crippen MR) is 78.6 cm³/mol. The molecule has 2 N–H and O–H groups in total. The van der Waals surface area contributed by atoms with Gasteiger partial charge in [-0.05, 0) is 24.0 Å². The summed E-state index contributed by atoms with van der Waals surface area (Å²) in [6.07, 6.45) is 1.61. The molecule has 20 heavy (non-hydrogen) atoms. The molecular weight excluding hydrogens is 276 g/mol. The van der Waals surface area contributed by atoms with Crippen LogP contribution in [0.15, 0.2) is 24.3 Å². The van der Waals surface area contributed by atoms with Gasteiger partial charge in [0.1, 0.15) is 0 Å². The van der Waals surface area contributed by atoms with Gasteiger partial charge in [-0.2, -0.15) is 0 Å². The maximum Gasteiger partial charge on any atom is 0.216 e. The Bertz CT molecular complexity index is 539. The van der Waals surface area contributed by atoms with Crippen LogP contribution in [0.2, 0.25) is 0 Å². The third-order valence-electron chi connectivity index (χ3n) is 3.63. The number of benzene rings is 1. The van der Waals surface area contributed by atoms with Crippen LogP contribution in [0.4, 0.5) is 0 Å². The Morgan fingerprint density at radius 1 is 1.35 bits per heavy atom. The molecule has 1 aliphatic rings. The molecule has 0 bridgehead atoms. The lowest BCUT2D eigenvalue weighted by molar-refractivity contribution is 0.126. The molecule has 1 fully saturated rings. The normalized spacial score (nSPS) is 19.6. The highest BCUT2D eigenvalue weighted by molar-refractivity contribution is 7.89. The van der Waals surface area contributed by atoms with E-state index < -0.39 is 10.0 Å². The van der Waals surface area contributed by atoms with Gasteiger partial charge in [0.2, 0.25) is 10.0 Å². The van der Waals surface area contributed by atoms with E-state index in [1.807, 2.05) is 24.3 Å². The molecule has 1 aromatic carbocycles. The van der Waals surface area contributed by atoms with Crippen LogP contribution in [0.3, 0.4) is 0 Å². The zero-order valence-electron chi connectivity index (χ0n) is 11.8. The highest BCUT2D eigenvalue weighted by atomic mass is 32.2. The van der Waals surface area contributed by atoms with E-state index in [9.17, 15) is 8.42 Å². The second-order valence-corrected chi connectivity index (χ2v) is 7.26. The third kappa shape index (κ3) is 3.79. The van der Waals surface area contributed by atoms with Crippen LogP contribution in [0, 0.1) is 0 Å². The molecule has 1 saturated heterocycles. The summed E-state index contributed by atoms with van der Waals surface area (Å²) in [5.41, 5.74) is 7.61. The van der Waals surface area contributed by atoms with Crippen molar-refractivity contribution in [1.82, 2.24) is 4.31 Å². The van der Waals surface area contributed by atoms with E-state index in [2.05, 4.69) is 0 Å². The summed E-state index contributed by atoms with van der Waals surface area (Å²) in [6.45, 7) is 1.43. The Labute approximate surface area is 120 Å². The molecule has 1 aliphatic heterocycles. The maximum atomic E-state index is 12.3. The van der Waals surface area contributed by atoms with Crippen molar-refractivity contribution in [2.24, 2.45) is 5.73 Å². The molecule has 1 atom stereocenters. The van der Waals surface area contributed by atoms with Gasteiger partial charge in [0.25, 0.3) is 0 Å². The van der Waals surface area contributed by atoms with Crippen molar-refractivity contribution < 1.29 is 13.2 Å². The molecule has 0 aromatic heterocycles. The van der Waals surface area contributed by atoms with Crippen LogP contribution in [0.25, 0.3) is 0 Å². The Hall–Kier alpha value is -0.950. The molecule has 6 heteroatoms. The fourth-order valence-corrected chi connectivity index (χ4v) is 3.71. The Morgan fingerprint density at radius 2 is 2.05 bits per heavy atom. The van der Waals surface area contributed by atoms with Crippen molar-refractivity contribution in [1.29, 1.82) is 0 Å². The molecule has 1 heterocycles. The average Bonchev–Trinajstić information content (AvgIpc) is 2.91. The summed E-state index contributed by atoms with van der Waals surface area (Å²) < 4.78 is 31.4. The highest BCUT2D eigenvalue weighted by Gasteiger charge is 2.26. The lowest BCUT2D eigenvalue weighted by atomic mass is 10.1. The first kappa shape index (κ1) is 15.4. The van der Waals surface area contributed by atoms with Crippen molar-refractivity contribution in [2.45, 2.75) is 32.0 Å². The van der Waals surface area contributed by atoms with Crippen molar-refractivity contribution in [3.8, 4) is 0 Å². The zero-order valence-corrected chi connectivity index (χ0v) is 12.6. The van der Waals surface area contributed by atoms with E-state index in [1.165, 1.54) is 4.31 Å². The molecule has 0 amide bonds. The summed E-state index contributed by atoms with van der Waals surface area (Å²) in [4.78, 5) is 0. The van der Waals surface area contributed by atoms with Gasteiger partial charge in [0.15, 0.2) is 0 Å². The molecule has 5 nitrogen and oxygen atoms in total. The smallest absolute Gasteiger partial charge is 0.216 e. The SMILES string of the molecule is CN(Cc1ccccc1CN)S(=O)(=O)CC1CCCO1. The van der Waals surface area contributed by atoms with Gasteiger partial charge in [-0.3, -0.25) is 0 Å². The molecule has 1 unspecified atom stereocenters. The first-order valence-electron chi connectivity index (χ1n) is 6.85. The van der Waals surface area contributed by atoms with E-state index in [4.69, 9.17) is 10.5 Å². The van der Waals surface area contributed by atoms with E-state index >= 15 is 0 Å². The van der Waals surface area contributed by atoms with Gasteiger partial charge in [-0.15, -0.1) is 0 Å². The first-order chi connectivity index (χ1) is 9.53. The van der Waals surface area contributed by atoms with Gasteiger partial charge in [-0.25, -0.2) is 12.7 Å². The number of nitrogens with zero attached hydrogens (tertiary/aromatic N) is 1. The van der Waals surface area contributed by atoms with Gasteiger partial charge in [0, 0.05) is 26.7 Å². The predicted octanol–water partition coefficient (Wildman–Crippen LogP) is 1.09. The molecule has 0 spiro atoms. The zero-order chi connectivity index (χ0) is 14.6. The van der Waals surface area contributed by atoms with E-state index in [0.29, 0.717) is 19.7 Å². The fraction of sp³-hybridized carbons (Fsp3) is 0.571. The standard InChI is InChI=1S/C14H22N2O3S/c1-16(10-13-6-3-2-5-12(13)9-15)20(17,18)11-14-7-4-8-19-14/h2-3,5-6,14H,4,7-11,15H2,1H3. The third-order valence-corrected chi connectivity index (χ3v) is 5.50. The topological polar surface area (TPSA) is 72.6 Å². The van der Waals surface area contributed by atoms with Crippen LogP contribution in [-0.2, 0) is 27.8 Å². The summed E-state index contributed by atoms with van der Waals surface area (Å²) in [7, 11) is -1.69. The summed E-state index contributed by atoms with van der Waals surface area (Å²) in [5, 5.41) is 0. The minimum absolute atomic E-state index is 0.0638. The van der Waals surface area contributed by atoms with Gasteiger partial charge >= 0.3 is 0 Å². The lowest BCUT2D eigenvalue weighted by Gasteiger charge is -2.20. The largest absolute Gasteiger partial charge is 0.377 e. The molecule has 0 saturated carbocycles. The number of ether oxygens (including phenoxy) is 1. The fourth-order valence-electron chi connectivity index (χ4n) is 2.39. The number of hydrogen-bond acceptors (Lipinski definition) is 4. The number of sulfonamides is 1. The van der Waals surface area contributed by atoms with Crippen LogP contribution in [0.5, 0.6) is 0 Å². The lowest BCUT2D eigenvalue weighted by Crippen LogP contribution is -2.33. The maximum absolute atomic E-state index is 12.3. The van der Waals surface area contributed by atoms with Crippen LogP contribution >= 0.6 is 0 Å². The Balaban J connectivity index is 2.04. The summed E-state index contributed by atoms with van der Waals surface area (Å²) in [6, 6.07) is 7.65. The van der Waals surface area contributed by atoms with Crippen LogP contribution in [-0.4, -0.2) is 38.2 Å². The van der Waals surface area contributed by atoms with Crippen molar-refractivity contribution in [2.75, 3.05) is 19.4 Å². The van der Waals surface area contributed by atoms with Crippen LogP contribution < -0.4 is 5.73 Å². The minimum Gasteiger partial charge on any atom is -0.377 e. The van der Waals surface area contributed by atoms with Crippen molar-refractivity contribution >= 4 is 10.0 Å². The van der Waals surface area contributed by atoms with E-state index in [1.54, 1.807) is 7.05 Å². The van der Waals surface area contributed by atoms with Crippen molar-refractivity contribution in [3.63, 3.8) is 0 Å². The first-order valence-corrected chi connectivity index (χ1v) is 8.46. The molecule has 112 valence electrons. The molecule has 0 radical (unpaired) electrons. The summed E-state index contributed by atoms with van der Waals surface area (Å²) >= 11 is 0.